The summed E-state index contributed by atoms with van der Waals surface area (Å²) in [5.74, 6) is -5.60. The van der Waals surface area contributed by atoms with Crippen LogP contribution in [-0.4, -0.2) is 141 Å². The molecule has 0 bridgehead atoms. The number of nitrogens with one attached hydrogen (secondary N) is 6. The van der Waals surface area contributed by atoms with Crippen LogP contribution in [0.2, 0.25) is 0 Å². The van der Waals surface area contributed by atoms with Crippen LogP contribution in [0.15, 0.2) is 42.5 Å². The minimum absolute atomic E-state index is 0.0457. The van der Waals surface area contributed by atoms with Crippen LogP contribution in [0, 0.1) is 5.41 Å². The highest BCUT2D eigenvalue weighted by atomic mass is 16.4. The zero-order valence-corrected chi connectivity index (χ0v) is 32.3. The molecule has 19 heteroatoms. The summed E-state index contributed by atoms with van der Waals surface area (Å²) in [6.07, 6.45) is -3.56. The van der Waals surface area contributed by atoms with Crippen molar-refractivity contribution in [1.82, 2.24) is 36.8 Å². The molecule has 0 saturated heterocycles. The number of amides is 8. The Hall–Kier alpha value is -5.24. The summed E-state index contributed by atoms with van der Waals surface area (Å²) in [7, 11) is 0. The number of rotatable bonds is 23. The topological polar surface area (TPSA) is 293 Å². The number of hydrogen-bond donors (Lipinski definition) is 10. The van der Waals surface area contributed by atoms with Crippen LogP contribution in [0.1, 0.15) is 59.4 Å². The normalized spacial score (nSPS) is 15.6. The minimum atomic E-state index is -1.68. The van der Waals surface area contributed by atoms with Gasteiger partial charge in [-0.2, -0.15) is 0 Å². The molecule has 5 unspecified atom stereocenters. The summed E-state index contributed by atoms with van der Waals surface area (Å²) in [6.45, 7) is 6.00. The predicted molar refractivity (Wildman–Crippen MR) is 200 cm³/mol. The van der Waals surface area contributed by atoms with E-state index in [1.165, 1.54) is 27.7 Å². The van der Waals surface area contributed by atoms with Crippen molar-refractivity contribution in [3.63, 3.8) is 0 Å². The fourth-order valence-electron chi connectivity index (χ4n) is 5.52. The maximum Gasteiger partial charge on any atom is 0.254 e. The summed E-state index contributed by atoms with van der Waals surface area (Å²) in [4.78, 5) is 104. The van der Waals surface area contributed by atoms with Crippen molar-refractivity contribution < 1.29 is 58.8 Å². The number of aliphatic hydroxyl groups is 4. The third kappa shape index (κ3) is 13.5. The molecular weight excluding hydrogens is 734 g/mol. The van der Waals surface area contributed by atoms with Gasteiger partial charge in [-0.15, -0.1) is 0 Å². The van der Waals surface area contributed by atoms with Crippen molar-refractivity contribution in [1.29, 1.82) is 0 Å². The van der Waals surface area contributed by atoms with E-state index in [0.717, 1.165) is 17.1 Å². The van der Waals surface area contributed by atoms with E-state index < -0.39 is 115 Å². The van der Waals surface area contributed by atoms with Crippen LogP contribution in [0.4, 0.5) is 0 Å². The Bertz CT molecular complexity index is 1580. The van der Waals surface area contributed by atoms with Gasteiger partial charge < -0.3 is 52.3 Å². The molecule has 1 heterocycles. The summed E-state index contributed by atoms with van der Waals surface area (Å²) in [5, 5.41) is 53.8. The van der Waals surface area contributed by atoms with Crippen LogP contribution < -0.4 is 31.9 Å². The monoisotopic (exact) mass is 789 g/mol. The molecule has 56 heavy (non-hydrogen) atoms. The largest absolute Gasteiger partial charge is 0.396 e. The van der Waals surface area contributed by atoms with Gasteiger partial charge in [-0.3, -0.25) is 43.3 Å². The van der Waals surface area contributed by atoms with E-state index in [4.69, 9.17) is 5.11 Å². The first kappa shape index (κ1) is 46.9. The van der Waals surface area contributed by atoms with Crippen molar-refractivity contribution in [2.75, 3.05) is 32.8 Å². The quantitative estimate of drug-likeness (QED) is 0.0487. The lowest BCUT2D eigenvalue weighted by Gasteiger charge is -2.45. The molecule has 0 saturated carbocycles. The highest BCUT2D eigenvalue weighted by Crippen LogP contribution is 2.38. The molecule has 5 atom stereocenters. The number of imide groups is 1. The van der Waals surface area contributed by atoms with Crippen LogP contribution in [0.25, 0.3) is 0 Å². The van der Waals surface area contributed by atoms with E-state index in [1.54, 1.807) is 37.3 Å². The van der Waals surface area contributed by atoms with Gasteiger partial charge in [-0.05, 0) is 53.0 Å². The zero-order chi connectivity index (χ0) is 42.2. The van der Waals surface area contributed by atoms with Crippen LogP contribution in [0.5, 0.6) is 0 Å². The smallest absolute Gasteiger partial charge is 0.254 e. The summed E-state index contributed by atoms with van der Waals surface area (Å²) in [5.41, 5.74) is -2.25. The number of benzene rings is 1. The number of nitrogens with zero attached hydrogens (tertiary/aromatic N) is 1. The van der Waals surface area contributed by atoms with E-state index in [2.05, 4.69) is 31.9 Å². The van der Waals surface area contributed by atoms with E-state index in [0.29, 0.717) is 12.1 Å². The van der Waals surface area contributed by atoms with Gasteiger partial charge in [0.25, 0.3) is 11.8 Å². The lowest BCUT2D eigenvalue weighted by Crippen LogP contribution is -2.63. The van der Waals surface area contributed by atoms with Gasteiger partial charge in [0.05, 0.1) is 36.3 Å². The van der Waals surface area contributed by atoms with E-state index in [9.17, 15) is 53.7 Å². The average Bonchev–Trinajstić information content (AvgIpc) is 3.50. The molecule has 0 fully saturated rings. The van der Waals surface area contributed by atoms with Crippen molar-refractivity contribution in [2.45, 2.75) is 96.2 Å². The van der Waals surface area contributed by atoms with Crippen molar-refractivity contribution in [3.05, 3.63) is 48.0 Å². The molecule has 1 aliphatic rings. The SMILES string of the molecule is CCNC(=O)CNC(=O)C(Cc1ccccc1)NC(=O)CNC(=O)C(CCC(=O)NCC(O)C(O)C(O)CCO)NC(=O)C(C)(C)C(C)(C)N1C(=O)C=CC1=O. The number of likely N-dealkylation sites (N-methyl/N-ethyl adjacent to an activating group) is 1. The molecule has 19 nitrogen and oxygen atoms in total. The average molecular weight is 790 g/mol. The minimum Gasteiger partial charge on any atom is -0.396 e. The molecule has 2 rings (SSSR count). The van der Waals surface area contributed by atoms with Gasteiger partial charge >= 0.3 is 0 Å². The molecular formula is C37H55N7O12. The Morgan fingerprint density at radius 2 is 1.29 bits per heavy atom. The summed E-state index contributed by atoms with van der Waals surface area (Å²) >= 11 is 0. The third-order valence-corrected chi connectivity index (χ3v) is 9.62. The second-order valence-electron chi connectivity index (χ2n) is 14.2. The maximum absolute atomic E-state index is 13.8. The Kier molecular flexibility index (Phi) is 18.2. The zero-order valence-electron chi connectivity index (χ0n) is 32.3. The van der Waals surface area contributed by atoms with Crippen LogP contribution >= 0.6 is 0 Å². The Labute approximate surface area is 325 Å². The summed E-state index contributed by atoms with van der Waals surface area (Å²) < 4.78 is 0. The third-order valence-electron chi connectivity index (χ3n) is 9.62. The molecule has 310 valence electrons. The van der Waals surface area contributed by atoms with Crippen molar-refractivity contribution in [3.8, 4) is 0 Å². The van der Waals surface area contributed by atoms with Gasteiger partial charge in [0, 0.05) is 44.7 Å². The van der Waals surface area contributed by atoms with E-state index in [1.807, 2.05) is 0 Å². The Morgan fingerprint density at radius 1 is 0.714 bits per heavy atom. The molecule has 1 aliphatic heterocycles. The highest BCUT2D eigenvalue weighted by Gasteiger charge is 2.52. The van der Waals surface area contributed by atoms with Crippen molar-refractivity contribution >= 4 is 47.3 Å². The van der Waals surface area contributed by atoms with Gasteiger partial charge in [-0.25, -0.2) is 0 Å². The molecule has 0 aliphatic carbocycles. The van der Waals surface area contributed by atoms with Crippen molar-refractivity contribution in [2.24, 2.45) is 5.41 Å². The lowest BCUT2D eigenvalue weighted by molar-refractivity contribution is -0.153. The first-order valence-electron chi connectivity index (χ1n) is 18.2. The van der Waals surface area contributed by atoms with Gasteiger partial charge in [-0.1, -0.05) is 30.3 Å². The number of carbonyl (C=O) groups excluding carboxylic acids is 8. The fourth-order valence-corrected chi connectivity index (χ4v) is 5.52. The second-order valence-corrected chi connectivity index (χ2v) is 14.2. The van der Waals surface area contributed by atoms with Crippen LogP contribution in [0.3, 0.4) is 0 Å². The van der Waals surface area contributed by atoms with Gasteiger partial charge in [0.15, 0.2) is 0 Å². The Balaban J connectivity index is 2.21. The predicted octanol–water partition coefficient (Wildman–Crippen LogP) is -3.34. The number of aliphatic hydroxyl groups excluding tert-OH is 4. The van der Waals surface area contributed by atoms with Gasteiger partial charge in [0.1, 0.15) is 18.2 Å². The first-order chi connectivity index (χ1) is 26.3. The Morgan fingerprint density at radius 3 is 1.86 bits per heavy atom. The van der Waals surface area contributed by atoms with E-state index in [-0.39, 0.29) is 25.8 Å². The fraction of sp³-hybridized carbons (Fsp3) is 0.568. The van der Waals surface area contributed by atoms with Crippen LogP contribution in [-0.2, 0) is 44.8 Å². The highest BCUT2D eigenvalue weighted by molar-refractivity contribution is 6.14. The van der Waals surface area contributed by atoms with E-state index >= 15 is 0 Å². The number of carbonyl (C=O) groups is 8. The molecule has 0 radical (unpaired) electrons. The number of hydrogen-bond acceptors (Lipinski definition) is 12. The molecule has 0 spiro atoms. The summed E-state index contributed by atoms with van der Waals surface area (Å²) in [6, 6.07) is 6.10. The molecule has 0 aromatic heterocycles. The first-order valence-corrected chi connectivity index (χ1v) is 18.2. The second kappa shape index (κ2) is 21.7. The van der Waals surface area contributed by atoms with Gasteiger partial charge in [0.2, 0.25) is 35.4 Å². The molecule has 8 amide bonds. The molecule has 1 aromatic carbocycles. The molecule has 1 aromatic rings. The maximum atomic E-state index is 13.8. The lowest BCUT2D eigenvalue weighted by atomic mass is 9.72. The standard InChI is InChI=1S/C37H55N7O12/c1-6-38-28(49)20-40-34(55)24(18-22-10-8-7-9-11-22)42-29(50)21-41-33(54)23(12-13-27(48)39-19-26(47)32(53)25(46)16-17-45)43-35(56)36(2,3)37(4,5)44-30(51)14-15-31(44)52/h7-11,14-15,23-26,32,45-47,53H,6,12-13,16-21H2,1-5H3,(H,38,49)(H,39,48)(H,40,55)(H,41,54)(H,42,50)(H,43,56). The molecule has 10 N–H and O–H groups in total.